The van der Waals surface area contributed by atoms with Crippen LogP contribution in [-0.2, 0) is 4.79 Å². The van der Waals surface area contributed by atoms with E-state index in [4.69, 9.17) is 4.74 Å². The molecule has 0 saturated heterocycles. The van der Waals surface area contributed by atoms with Gasteiger partial charge in [-0.1, -0.05) is 55.0 Å². The van der Waals surface area contributed by atoms with Crippen LogP contribution in [0.1, 0.15) is 31.2 Å². The molecule has 1 atom stereocenters. The standard InChI is InChI=1S/C19H20N2O2S/c1-3-7-15(13-8-5-4-6-9-13)18(22)21-19-20-16-11-10-14(23-2)12-17(16)24-19/h4-6,8-12,15H,3,7H2,1-2H3,(H,20,21,22). The molecule has 1 heterocycles. The normalized spacial score (nSPS) is 12.1. The summed E-state index contributed by atoms with van der Waals surface area (Å²) >= 11 is 1.46. The largest absolute Gasteiger partial charge is 0.497 e. The van der Waals surface area contributed by atoms with Crippen LogP contribution >= 0.6 is 11.3 Å². The van der Waals surface area contributed by atoms with Gasteiger partial charge in [-0.05, 0) is 30.2 Å². The molecule has 1 amide bonds. The number of rotatable bonds is 6. The number of thiazole rings is 1. The molecular formula is C19H20N2O2S. The minimum absolute atomic E-state index is 0.00549. The molecular weight excluding hydrogens is 320 g/mol. The first kappa shape index (κ1) is 16.5. The Morgan fingerprint density at radius 3 is 2.75 bits per heavy atom. The zero-order valence-corrected chi connectivity index (χ0v) is 14.6. The molecule has 0 radical (unpaired) electrons. The summed E-state index contributed by atoms with van der Waals surface area (Å²) in [6, 6.07) is 15.6. The average Bonchev–Trinajstić information content (AvgIpc) is 3.01. The van der Waals surface area contributed by atoms with E-state index in [1.165, 1.54) is 11.3 Å². The number of amides is 1. The second-order valence-corrected chi connectivity index (χ2v) is 6.62. The van der Waals surface area contributed by atoms with E-state index < -0.39 is 0 Å². The first-order valence-electron chi connectivity index (χ1n) is 8.01. The molecule has 0 aliphatic carbocycles. The van der Waals surface area contributed by atoms with E-state index in [1.54, 1.807) is 7.11 Å². The van der Waals surface area contributed by atoms with Crippen molar-refractivity contribution in [1.82, 2.24) is 4.98 Å². The highest BCUT2D eigenvalue weighted by Gasteiger charge is 2.20. The highest BCUT2D eigenvalue weighted by Crippen LogP contribution is 2.30. The van der Waals surface area contributed by atoms with Gasteiger partial charge in [-0.3, -0.25) is 4.79 Å². The van der Waals surface area contributed by atoms with Crippen LogP contribution in [-0.4, -0.2) is 18.0 Å². The van der Waals surface area contributed by atoms with Gasteiger partial charge in [0.1, 0.15) is 5.75 Å². The van der Waals surface area contributed by atoms with Crippen LogP contribution in [0.15, 0.2) is 48.5 Å². The fourth-order valence-electron chi connectivity index (χ4n) is 2.70. The van der Waals surface area contributed by atoms with E-state index in [2.05, 4.69) is 17.2 Å². The third-order valence-electron chi connectivity index (χ3n) is 3.92. The van der Waals surface area contributed by atoms with Crippen LogP contribution in [0.25, 0.3) is 10.2 Å². The van der Waals surface area contributed by atoms with Crippen LogP contribution in [0, 0.1) is 0 Å². The van der Waals surface area contributed by atoms with Gasteiger partial charge in [0.05, 0.1) is 23.2 Å². The van der Waals surface area contributed by atoms with Gasteiger partial charge in [-0.25, -0.2) is 4.98 Å². The molecule has 1 unspecified atom stereocenters. The number of carbonyl (C=O) groups is 1. The van der Waals surface area contributed by atoms with Crippen molar-refractivity contribution in [2.24, 2.45) is 0 Å². The van der Waals surface area contributed by atoms with Crippen molar-refractivity contribution >= 4 is 32.6 Å². The lowest BCUT2D eigenvalue weighted by Crippen LogP contribution is -2.21. The molecule has 0 saturated carbocycles. The number of ether oxygens (including phenoxy) is 1. The molecule has 0 spiro atoms. The van der Waals surface area contributed by atoms with Crippen LogP contribution in [0.3, 0.4) is 0 Å². The maximum absolute atomic E-state index is 12.7. The molecule has 4 nitrogen and oxygen atoms in total. The zero-order chi connectivity index (χ0) is 16.9. The summed E-state index contributed by atoms with van der Waals surface area (Å²) in [6.07, 6.45) is 1.76. The first-order chi connectivity index (χ1) is 11.7. The highest BCUT2D eigenvalue weighted by molar-refractivity contribution is 7.22. The molecule has 3 aromatic rings. The van der Waals surface area contributed by atoms with Gasteiger partial charge in [0.25, 0.3) is 0 Å². The SMILES string of the molecule is CCCC(C(=O)Nc1nc2ccc(OC)cc2s1)c1ccccc1. The number of fused-ring (bicyclic) bond motifs is 1. The van der Waals surface area contributed by atoms with E-state index >= 15 is 0 Å². The van der Waals surface area contributed by atoms with Gasteiger partial charge >= 0.3 is 0 Å². The van der Waals surface area contributed by atoms with Crippen LogP contribution < -0.4 is 10.1 Å². The topological polar surface area (TPSA) is 51.2 Å². The molecule has 5 heteroatoms. The lowest BCUT2D eigenvalue weighted by molar-refractivity contribution is -0.117. The van der Waals surface area contributed by atoms with E-state index in [9.17, 15) is 4.79 Å². The zero-order valence-electron chi connectivity index (χ0n) is 13.8. The Hall–Kier alpha value is -2.40. The first-order valence-corrected chi connectivity index (χ1v) is 8.83. The third kappa shape index (κ3) is 3.57. The third-order valence-corrected chi connectivity index (χ3v) is 4.86. The smallest absolute Gasteiger partial charge is 0.233 e. The molecule has 0 bridgehead atoms. The lowest BCUT2D eigenvalue weighted by Gasteiger charge is -2.15. The van der Waals surface area contributed by atoms with Gasteiger partial charge in [0, 0.05) is 0 Å². The van der Waals surface area contributed by atoms with Gasteiger partial charge < -0.3 is 10.1 Å². The van der Waals surface area contributed by atoms with Crippen molar-refractivity contribution in [2.75, 3.05) is 12.4 Å². The van der Waals surface area contributed by atoms with E-state index in [0.717, 1.165) is 34.4 Å². The van der Waals surface area contributed by atoms with E-state index in [1.807, 2.05) is 48.5 Å². The fourth-order valence-corrected chi connectivity index (χ4v) is 3.60. The second kappa shape index (κ2) is 7.45. The molecule has 24 heavy (non-hydrogen) atoms. The van der Waals surface area contributed by atoms with Gasteiger partial charge in [0.2, 0.25) is 5.91 Å². The summed E-state index contributed by atoms with van der Waals surface area (Å²) in [4.78, 5) is 17.2. The van der Waals surface area contributed by atoms with Crippen molar-refractivity contribution in [3.63, 3.8) is 0 Å². The maximum atomic E-state index is 12.7. The number of benzene rings is 2. The van der Waals surface area contributed by atoms with Crippen molar-refractivity contribution in [2.45, 2.75) is 25.7 Å². The molecule has 0 fully saturated rings. The van der Waals surface area contributed by atoms with Gasteiger partial charge in [0.15, 0.2) is 5.13 Å². The van der Waals surface area contributed by atoms with E-state index in [0.29, 0.717) is 5.13 Å². The van der Waals surface area contributed by atoms with Gasteiger partial charge in [-0.15, -0.1) is 0 Å². The number of nitrogens with one attached hydrogen (secondary N) is 1. The highest BCUT2D eigenvalue weighted by atomic mass is 32.1. The molecule has 2 aromatic carbocycles. The van der Waals surface area contributed by atoms with Crippen LogP contribution in [0.2, 0.25) is 0 Å². The van der Waals surface area contributed by atoms with Crippen molar-refractivity contribution in [3.05, 3.63) is 54.1 Å². The van der Waals surface area contributed by atoms with Crippen molar-refractivity contribution < 1.29 is 9.53 Å². The molecule has 1 aromatic heterocycles. The Morgan fingerprint density at radius 2 is 2.04 bits per heavy atom. The van der Waals surface area contributed by atoms with Crippen LogP contribution in [0.4, 0.5) is 5.13 Å². The molecule has 1 N–H and O–H groups in total. The number of hydrogen-bond donors (Lipinski definition) is 1. The average molecular weight is 340 g/mol. The summed E-state index contributed by atoms with van der Waals surface area (Å²) in [6.45, 7) is 2.09. The summed E-state index contributed by atoms with van der Waals surface area (Å²) in [5.41, 5.74) is 1.91. The van der Waals surface area contributed by atoms with E-state index in [-0.39, 0.29) is 11.8 Å². The molecule has 0 aliphatic rings. The number of methoxy groups -OCH3 is 1. The maximum Gasteiger partial charge on any atom is 0.233 e. The Morgan fingerprint density at radius 1 is 1.25 bits per heavy atom. The number of hydrogen-bond acceptors (Lipinski definition) is 4. The van der Waals surface area contributed by atoms with Crippen LogP contribution in [0.5, 0.6) is 5.75 Å². The Balaban J connectivity index is 1.82. The van der Waals surface area contributed by atoms with Gasteiger partial charge in [-0.2, -0.15) is 0 Å². The molecule has 3 rings (SSSR count). The Kier molecular flexibility index (Phi) is 5.11. The predicted octanol–water partition coefficient (Wildman–Crippen LogP) is 4.83. The molecule has 0 aliphatic heterocycles. The Labute approximate surface area is 145 Å². The lowest BCUT2D eigenvalue weighted by atomic mass is 9.94. The summed E-state index contributed by atoms with van der Waals surface area (Å²) in [7, 11) is 1.64. The Bertz CT molecular complexity index is 830. The van der Waals surface area contributed by atoms with Crippen molar-refractivity contribution in [3.8, 4) is 5.75 Å². The number of anilines is 1. The second-order valence-electron chi connectivity index (χ2n) is 5.59. The molecule has 124 valence electrons. The summed E-state index contributed by atoms with van der Waals surface area (Å²) < 4.78 is 6.23. The minimum Gasteiger partial charge on any atom is -0.497 e. The quantitative estimate of drug-likeness (QED) is 0.699. The monoisotopic (exact) mass is 340 g/mol. The fraction of sp³-hybridized carbons (Fsp3) is 0.263. The summed E-state index contributed by atoms with van der Waals surface area (Å²) in [5.74, 6) is 0.629. The van der Waals surface area contributed by atoms with Crippen molar-refractivity contribution in [1.29, 1.82) is 0 Å². The minimum atomic E-state index is -0.155. The predicted molar refractivity (Wildman–Crippen MR) is 98.9 cm³/mol. The number of aromatic nitrogens is 1. The summed E-state index contributed by atoms with van der Waals surface area (Å²) in [5, 5.41) is 3.61. The number of nitrogens with zero attached hydrogens (tertiary/aromatic N) is 1. The number of carbonyl (C=O) groups excluding carboxylic acids is 1.